The minimum atomic E-state index is -0.977. The normalized spacial score (nSPS) is 18.7. The van der Waals surface area contributed by atoms with Crippen LogP contribution in [-0.4, -0.2) is 58.1 Å². The highest BCUT2D eigenvalue weighted by molar-refractivity contribution is 9.10. The average molecular weight is 524 g/mol. The van der Waals surface area contributed by atoms with Crippen LogP contribution in [-0.2, 0) is 4.79 Å². The van der Waals surface area contributed by atoms with Gasteiger partial charge < -0.3 is 10.2 Å². The van der Waals surface area contributed by atoms with Crippen molar-refractivity contribution in [2.75, 3.05) is 31.2 Å². The van der Waals surface area contributed by atoms with Crippen LogP contribution in [0.25, 0.3) is 10.9 Å². The number of piperidine rings is 1. The first kappa shape index (κ1) is 19.9. The smallest absolute Gasteiger partial charge is 0.234 e. The Labute approximate surface area is 208 Å². The summed E-state index contributed by atoms with van der Waals surface area (Å²) < 4.78 is 16.3. The maximum atomic E-state index is 12.8. The molecule has 1 N–H and O–H groups in total. The number of hydrogen-bond acceptors (Lipinski definition) is 6. The Balaban J connectivity index is 1.31. The van der Waals surface area contributed by atoms with E-state index in [0.29, 0.717) is 31.6 Å². The maximum absolute atomic E-state index is 12.8. The molecule has 0 saturated carbocycles. The maximum Gasteiger partial charge on any atom is 0.234 e. The number of halogens is 1. The van der Waals surface area contributed by atoms with Gasteiger partial charge >= 0.3 is 0 Å². The van der Waals surface area contributed by atoms with Crippen molar-refractivity contribution in [1.29, 1.82) is 0 Å². The quantitative estimate of drug-likeness (QED) is 0.522. The second-order valence-corrected chi connectivity index (χ2v) is 10.0. The number of nitrogens with one attached hydrogen (secondary N) is 1. The van der Waals surface area contributed by atoms with Crippen molar-refractivity contribution < 1.29 is 7.54 Å². The number of aliphatic imine (C=N–C) groups is 2. The van der Waals surface area contributed by atoms with Crippen molar-refractivity contribution in [3.8, 4) is 0 Å². The Hall–Kier alpha value is -2.55. The molecule has 6 nitrogen and oxygen atoms in total. The third-order valence-electron chi connectivity index (χ3n) is 5.76. The first-order valence-corrected chi connectivity index (χ1v) is 12.5. The molecule has 0 atom stereocenters. The number of para-hydroxylation sites is 1. The van der Waals surface area contributed by atoms with Gasteiger partial charge in [0.05, 0.1) is 28.9 Å². The van der Waals surface area contributed by atoms with E-state index in [0.717, 1.165) is 31.7 Å². The van der Waals surface area contributed by atoms with E-state index in [1.807, 2.05) is 59.5 Å². The molecule has 2 aliphatic heterocycles. The summed E-state index contributed by atoms with van der Waals surface area (Å²) in [6.45, 7) is 0.229. The number of aromatic nitrogens is 1. The van der Waals surface area contributed by atoms with Crippen molar-refractivity contribution in [2.45, 2.75) is 18.5 Å². The molecule has 2 aromatic carbocycles. The van der Waals surface area contributed by atoms with Crippen molar-refractivity contribution in [3.05, 3.63) is 70.8 Å². The molecule has 0 bridgehead atoms. The molecule has 5 rings (SSSR count). The largest absolute Gasteiger partial charge is 0.324 e. The van der Waals surface area contributed by atoms with E-state index in [4.69, 9.17) is 12.7 Å². The van der Waals surface area contributed by atoms with Crippen LogP contribution in [0.4, 0.5) is 5.69 Å². The van der Waals surface area contributed by atoms with Gasteiger partial charge in [0.25, 0.3) is 0 Å². The topological polar surface area (TPSA) is 70.0 Å². The van der Waals surface area contributed by atoms with Gasteiger partial charge in [0.1, 0.15) is 5.04 Å². The van der Waals surface area contributed by atoms with Crippen molar-refractivity contribution in [3.63, 3.8) is 0 Å². The van der Waals surface area contributed by atoms with Gasteiger partial charge in [0.15, 0.2) is 5.66 Å². The number of pyridine rings is 1. The second-order valence-electron chi connectivity index (χ2n) is 8.16. The summed E-state index contributed by atoms with van der Waals surface area (Å²) >= 11 is 4.87. The number of fused-ring (bicyclic) bond motifs is 1. The fourth-order valence-electron chi connectivity index (χ4n) is 4.00. The monoisotopic (exact) mass is 523 g/mol. The standard InChI is InChI=1S/C25H24BrN5OS/c1-31-12-10-25(11-13-31)29-23(17-6-8-19(26)9-7-17)24(30-25)33-16-22(32)28-20-14-18-4-2-3-5-21(18)27-15-20/h2-9,14-15H,10-13,16H2,1H3,(H,28,32)/i1D2. The Morgan fingerprint density at radius 1 is 1.18 bits per heavy atom. The van der Waals surface area contributed by atoms with E-state index in [9.17, 15) is 4.79 Å². The summed E-state index contributed by atoms with van der Waals surface area (Å²) in [6.07, 6.45) is 2.97. The van der Waals surface area contributed by atoms with Crippen molar-refractivity contribution in [1.82, 2.24) is 9.88 Å². The molecule has 8 heteroatoms. The predicted molar refractivity (Wildman–Crippen MR) is 140 cm³/mol. The number of likely N-dealkylation sites (tertiary alicyclic amines) is 1. The lowest BCUT2D eigenvalue weighted by molar-refractivity contribution is -0.113. The van der Waals surface area contributed by atoms with Gasteiger partial charge in [-0.3, -0.25) is 14.8 Å². The number of thioether (sulfide) groups is 1. The van der Waals surface area contributed by atoms with Crippen LogP contribution in [0.1, 0.15) is 21.1 Å². The van der Waals surface area contributed by atoms with E-state index in [-0.39, 0.29) is 11.7 Å². The minimum absolute atomic E-state index is 0.132. The van der Waals surface area contributed by atoms with E-state index in [2.05, 4.69) is 26.2 Å². The molecule has 1 fully saturated rings. The van der Waals surface area contributed by atoms with Crippen LogP contribution in [0.5, 0.6) is 0 Å². The number of benzene rings is 2. The summed E-state index contributed by atoms with van der Waals surface area (Å²) in [5.41, 5.74) is 2.71. The number of rotatable bonds is 4. The van der Waals surface area contributed by atoms with Gasteiger partial charge in [-0.05, 0) is 31.3 Å². The second kappa shape index (κ2) is 9.37. The molecule has 2 aliphatic rings. The van der Waals surface area contributed by atoms with E-state index in [1.165, 1.54) is 11.8 Å². The van der Waals surface area contributed by atoms with Crippen molar-refractivity contribution >= 4 is 60.9 Å². The Kier molecular flexibility index (Phi) is 5.64. The number of carbonyl (C=O) groups excluding carboxylic acids is 1. The van der Waals surface area contributed by atoms with Crippen LogP contribution in [0.2, 0.25) is 0 Å². The highest BCUT2D eigenvalue weighted by Gasteiger charge is 2.39. The number of hydrogen-bond donors (Lipinski definition) is 1. The summed E-state index contributed by atoms with van der Waals surface area (Å²) in [7, 11) is 0. The van der Waals surface area contributed by atoms with Gasteiger partial charge in [-0.25, -0.2) is 4.99 Å². The van der Waals surface area contributed by atoms with Gasteiger partial charge in [-0.1, -0.05) is 58.0 Å². The summed E-state index contributed by atoms with van der Waals surface area (Å²) in [5, 5.41) is 4.66. The molecule has 1 amide bonds. The third kappa shape index (κ3) is 5.03. The molecular formula is C25H24BrN5OS. The molecular weight excluding hydrogens is 498 g/mol. The molecule has 1 aromatic heterocycles. The van der Waals surface area contributed by atoms with E-state index in [1.54, 1.807) is 6.20 Å². The zero-order valence-electron chi connectivity index (χ0n) is 19.9. The molecule has 1 saturated heterocycles. The van der Waals surface area contributed by atoms with Gasteiger partial charge in [0, 0.05) is 44.1 Å². The zero-order chi connectivity index (χ0) is 24.4. The first-order chi connectivity index (χ1) is 16.9. The average Bonchev–Trinajstić information content (AvgIpc) is 3.21. The van der Waals surface area contributed by atoms with Crippen LogP contribution >= 0.6 is 27.7 Å². The Morgan fingerprint density at radius 2 is 1.97 bits per heavy atom. The summed E-state index contributed by atoms with van der Waals surface area (Å²) in [6, 6.07) is 17.6. The Bertz CT molecular complexity index is 1310. The lowest BCUT2D eigenvalue weighted by Crippen LogP contribution is -2.39. The number of nitrogens with zero attached hydrogens (tertiary/aromatic N) is 4. The fraction of sp³-hybridized carbons (Fsp3) is 0.280. The fourth-order valence-corrected chi connectivity index (χ4v) is 5.13. The highest BCUT2D eigenvalue weighted by Crippen LogP contribution is 2.35. The highest BCUT2D eigenvalue weighted by atomic mass is 79.9. The molecule has 1 spiro atoms. The first-order valence-electron chi connectivity index (χ1n) is 11.9. The van der Waals surface area contributed by atoms with Gasteiger partial charge in [0.2, 0.25) is 5.91 Å². The van der Waals surface area contributed by atoms with Crippen LogP contribution < -0.4 is 5.32 Å². The van der Waals surface area contributed by atoms with Crippen LogP contribution in [0.3, 0.4) is 0 Å². The summed E-state index contributed by atoms with van der Waals surface area (Å²) in [4.78, 5) is 29.0. The number of amides is 1. The number of carbonyl (C=O) groups is 1. The molecule has 168 valence electrons. The molecule has 0 radical (unpaired) electrons. The van der Waals surface area contributed by atoms with Crippen LogP contribution in [0.15, 0.2) is 75.3 Å². The van der Waals surface area contributed by atoms with Crippen molar-refractivity contribution in [2.24, 2.45) is 9.98 Å². The van der Waals surface area contributed by atoms with E-state index >= 15 is 0 Å². The SMILES string of the molecule is [2H]C([2H])N1CCC2(CC1)N=C(SCC(=O)Nc1cnc3ccccc3c1)C(c1ccc(Br)cc1)=N2. The summed E-state index contributed by atoms with van der Waals surface area (Å²) in [5.74, 6) is 0.0669. The van der Waals surface area contributed by atoms with Gasteiger partial charge in [-0.15, -0.1) is 0 Å². The minimum Gasteiger partial charge on any atom is -0.324 e. The molecule has 33 heavy (non-hydrogen) atoms. The Morgan fingerprint density at radius 3 is 2.76 bits per heavy atom. The van der Waals surface area contributed by atoms with Crippen LogP contribution in [0, 0.1) is 0 Å². The van der Waals surface area contributed by atoms with E-state index < -0.39 is 12.7 Å². The lowest BCUT2D eigenvalue weighted by atomic mass is 9.99. The molecule has 3 heterocycles. The third-order valence-corrected chi connectivity index (χ3v) is 7.26. The number of anilines is 1. The molecule has 0 unspecified atom stereocenters. The predicted octanol–water partition coefficient (Wildman–Crippen LogP) is 4.99. The lowest BCUT2D eigenvalue weighted by Gasteiger charge is -2.33. The van der Waals surface area contributed by atoms with Gasteiger partial charge in [-0.2, -0.15) is 0 Å². The zero-order valence-corrected chi connectivity index (χ0v) is 20.3. The molecule has 0 aliphatic carbocycles. The molecule has 3 aromatic rings.